The van der Waals surface area contributed by atoms with Crippen LogP contribution in [0.15, 0.2) is 21.9 Å². The van der Waals surface area contributed by atoms with Gasteiger partial charge in [0.1, 0.15) is 5.82 Å². The van der Waals surface area contributed by atoms with E-state index in [0.717, 1.165) is 42.9 Å². The SMILES string of the molecule is Cc1c(C2(N3CCC(C(N)C(C)C)C3)CC2)c(F)cn2c(=O)n(N)c(=O)cc12. The Hall–Kier alpha value is -2.19. The van der Waals surface area contributed by atoms with Crippen LogP contribution < -0.4 is 22.8 Å². The molecule has 4 N–H and O–H groups in total. The van der Waals surface area contributed by atoms with Gasteiger partial charge < -0.3 is 11.6 Å². The molecule has 1 aliphatic heterocycles. The summed E-state index contributed by atoms with van der Waals surface area (Å²) >= 11 is 0. The second-order valence-corrected chi connectivity index (χ2v) is 8.72. The molecule has 0 aromatic carbocycles. The van der Waals surface area contributed by atoms with Crippen molar-refractivity contribution in [2.24, 2.45) is 17.6 Å². The van der Waals surface area contributed by atoms with E-state index >= 15 is 4.39 Å². The molecule has 1 saturated heterocycles. The zero-order valence-corrected chi connectivity index (χ0v) is 16.6. The number of halogens is 1. The Bertz CT molecular complexity index is 1050. The molecule has 8 heteroatoms. The summed E-state index contributed by atoms with van der Waals surface area (Å²) in [6.07, 6.45) is 3.90. The Morgan fingerprint density at radius 3 is 2.57 bits per heavy atom. The van der Waals surface area contributed by atoms with Gasteiger partial charge in [0.05, 0.1) is 11.7 Å². The van der Waals surface area contributed by atoms with E-state index in [-0.39, 0.29) is 11.6 Å². The van der Waals surface area contributed by atoms with Gasteiger partial charge in [-0.05, 0) is 50.1 Å². The van der Waals surface area contributed by atoms with Crippen LogP contribution in [0.25, 0.3) is 5.52 Å². The molecule has 0 amide bonds. The van der Waals surface area contributed by atoms with Crippen LogP contribution >= 0.6 is 0 Å². The molecule has 0 spiro atoms. The highest BCUT2D eigenvalue weighted by Gasteiger charge is 2.54. The highest BCUT2D eigenvalue weighted by molar-refractivity contribution is 5.59. The highest BCUT2D eigenvalue weighted by Crippen LogP contribution is 2.54. The number of hydrogen-bond acceptors (Lipinski definition) is 5. The Morgan fingerprint density at radius 2 is 1.96 bits per heavy atom. The molecule has 2 aromatic rings. The summed E-state index contributed by atoms with van der Waals surface area (Å²) in [5.74, 6) is 5.85. The first kappa shape index (κ1) is 19.1. The van der Waals surface area contributed by atoms with E-state index in [0.29, 0.717) is 33.2 Å². The zero-order valence-electron chi connectivity index (χ0n) is 16.6. The minimum absolute atomic E-state index is 0.130. The number of pyridine rings is 1. The van der Waals surface area contributed by atoms with E-state index in [9.17, 15) is 9.59 Å². The second-order valence-electron chi connectivity index (χ2n) is 8.72. The van der Waals surface area contributed by atoms with Crippen molar-refractivity contribution in [1.29, 1.82) is 0 Å². The monoisotopic (exact) mass is 389 g/mol. The third-order valence-corrected chi connectivity index (χ3v) is 6.74. The van der Waals surface area contributed by atoms with Crippen molar-refractivity contribution < 1.29 is 4.39 Å². The third-order valence-electron chi connectivity index (χ3n) is 6.74. The van der Waals surface area contributed by atoms with Gasteiger partial charge in [0.25, 0.3) is 5.56 Å². The number of likely N-dealkylation sites (tertiary alicyclic amines) is 1. The summed E-state index contributed by atoms with van der Waals surface area (Å²) in [6.45, 7) is 7.78. The molecule has 2 aliphatic rings. The Balaban J connectivity index is 1.78. The molecular weight excluding hydrogens is 361 g/mol. The number of aryl methyl sites for hydroxylation is 1. The minimum atomic E-state index is -0.745. The van der Waals surface area contributed by atoms with Crippen LogP contribution in [-0.4, -0.2) is 33.1 Å². The molecule has 4 rings (SSSR count). The largest absolute Gasteiger partial charge is 0.354 e. The second kappa shape index (κ2) is 6.42. The fourth-order valence-corrected chi connectivity index (χ4v) is 4.92. The van der Waals surface area contributed by atoms with Gasteiger partial charge in [-0.2, -0.15) is 4.68 Å². The Morgan fingerprint density at radius 1 is 1.29 bits per heavy atom. The fourth-order valence-electron chi connectivity index (χ4n) is 4.92. The van der Waals surface area contributed by atoms with E-state index in [1.54, 1.807) is 6.92 Å². The van der Waals surface area contributed by atoms with E-state index in [2.05, 4.69) is 18.7 Å². The van der Waals surface area contributed by atoms with Crippen LogP contribution in [0.2, 0.25) is 0 Å². The summed E-state index contributed by atoms with van der Waals surface area (Å²) in [6, 6.07) is 1.43. The van der Waals surface area contributed by atoms with Crippen molar-refractivity contribution in [2.45, 2.75) is 51.6 Å². The molecule has 1 aliphatic carbocycles. The molecule has 152 valence electrons. The summed E-state index contributed by atoms with van der Waals surface area (Å²) in [5.41, 5.74) is 6.31. The number of rotatable bonds is 4. The molecule has 0 bridgehead atoms. The van der Waals surface area contributed by atoms with Gasteiger partial charge in [-0.25, -0.2) is 9.18 Å². The molecule has 2 fully saturated rings. The highest BCUT2D eigenvalue weighted by atomic mass is 19.1. The van der Waals surface area contributed by atoms with E-state index in [1.165, 1.54) is 6.07 Å². The summed E-state index contributed by atoms with van der Waals surface area (Å²) in [7, 11) is 0. The number of hydrogen-bond donors (Lipinski definition) is 2. The topological polar surface area (TPSA) is 98.8 Å². The van der Waals surface area contributed by atoms with Gasteiger partial charge in [0.2, 0.25) is 0 Å². The van der Waals surface area contributed by atoms with Gasteiger partial charge >= 0.3 is 5.69 Å². The maximum Gasteiger partial charge on any atom is 0.354 e. The van der Waals surface area contributed by atoms with Gasteiger partial charge in [-0.15, -0.1) is 0 Å². The van der Waals surface area contributed by atoms with Gasteiger partial charge in [-0.3, -0.25) is 14.1 Å². The van der Waals surface area contributed by atoms with Crippen LogP contribution in [0.4, 0.5) is 4.39 Å². The van der Waals surface area contributed by atoms with Crippen LogP contribution in [0.1, 0.15) is 44.2 Å². The van der Waals surface area contributed by atoms with Crippen molar-refractivity contribution in [3.63, 3.8) is 0 Å². The van der Waals surface area contributed by atoms with Crippen molar-refractivity contribution in [2.75, 3.05) is 18.9 Å². The zero-order chi connectivity index (χ0) is 20.4. The maximum absolute atomic E-state index is 15.2. The predicted molar refractivity (Wildman–Crippen MR) is 106 cm³/mol. The fraction of sp³-hybridized carbons (Fsp3) is 0.600. The third kappa shape index (κ3) is 2.69. The molecule has 2 unspecified atom stereocenters. The van der Waals surface area contributed by atoms with Gasteiger partial charge in [0, 0.05) is 29.8 Å². The minimum Gasteiger partial charge on any atom is -0.332 e. The van der Waals surface area contributed by atoms with E-state index < -0.39 is 17.1 Å². The molecular formula is C20H28FN5O2. The smallest absolute Gasteiger partial charge is 0.332 e. The molecule has 2 atom stereocenters. The first-order valence-electron chi connectivity index (χ1n) is 9.91. The van der Waals surface area contributed by atoms with E-state index in [4.69, 9.17) is 11.6 Å². The van der Waals surface area contributed by atoms with Crippen molar-refractivity contribution >= 4 is 5.52 Å². The number of aromatic nitrogens is 2. The number of nitrogens with zero attached hydrogens (tertiary/aromatic N) is 3. The number of nitrogen functional groups attached to an aromatic ring is 1. The molecule has 3 heterocycles. The first-order valence-corrected chi connectivity index (χ1v) is 9.91. The quantitative estimate of drug-likeness (QED) is 0.758. The Kier molecular flexibility index (Phi) is 4.39. The van der Waals surface area contributed by atoms with E-state index in [1.807, 2.05) is 0 Å². The van der Waals surface area contributed by atoms with Crippen LogP contribution in [0.5, 0.6) is 0 Å². The van der Waals surface area contributed by atoms with Crippen molar-refractivity contribution in [1.82, 2.24) is 14.0 Å². The molecule has 0 radical (unpaired) electrons. The lowest BCUT2D eigenvalue weighted by Crippen LogP contribution is -2.43. The number of fused-ring (bicyclic) bond motifs is 1. The van der Waals surface area contributed by atoms with Crippen LogP contribution in [-0.2, 0) is 5.54 Å². The summed E-state index contributed by atoms with van der Waals surface area (Å²) in [4.78, 5) is 26.6. The average Bonchev–Trinajstić information content (AvgIpc) is 3.27. The lowest BCUT2D eigenvalue weighted by atomic mass is 9.90. The van der Waals surface area contributed by atoms with Crippen LogP contribution in [0, 0.1) is 24.6 Å². The molecule has 1 saturated carbocycles. The normalized spacial score (nSPS) is 22.9. The predicted octanol–water partition coefficient (Wildman–Crippen LogP) is 0.917. The molecule has 28 heavy (non-hydrogen) atoms. The summed E-state index contributed by atoms with van der Waals surface area (Å²) < 4.78 is 16.8. The standard InChI is InChI=1S/C20H28FN5O2/c1-11(2)18(22)13-4-7-24(9-13)20(5-6-20)17-12(3)15-8-16(27)26(23)19(28)25(15)10-14(17)21/h8,10-11,13,18H,4-7,9,22-23H2,1-3H3. The number of nitrogens with two attached hydrogens (primary N) is 2. The molecule has 2 aromatic heterocycles. The lowest BCUT2D eigenvalue weighted by Gasteiger charge is -2.31. The Labute approximate surface area is 162 Å². The van der Waals surface area contributed by atoms with Crippen molar-refractivity contribution in [3.8, 4) is 0 Å². The average molecular weight is 389 g/mol. The maximum atomic E-state index is 15.2. The lowest BCUT2D eigenvalue weighted by molar-refractivity contribution is 0.199. The van der Waals surface area contributed by atoms with Crippen LogP contribution in [0.3, 0.4) is 0 Å². The summed E-state index contributed by atoms with van der Waals surface area (Å²) in [5, 5.41) is 0. The van der Waals surface area contributed by atoms with Gasteiger partial charge in [-0.1, -0.05) is 13.8 Å². The van der Waals surface area contributed by atoms with Crippen molar-refractivity contribution in [3.05, 3.63) is 50.0 Å². The molecule has 7 nitrogen and oxygen atoms in total. The first-order chi connectivity index (χ1) is 13.2. The van der Waals surface area contributed by atoms with Gasteiger partial charge in [0.15, 0.2) is 0 Å².